The summed E-state index contributed by atoms with van der Waals surface area (Å²) < 4.78 is 19.9. The minimum absolute atomic E-state index is 0.266. The third kappa shape index (κ3) is 4.22. The molecule has 4 N–H and O–H groups in total. The van der Waals surface area contributed by atoms with Gasteiger partial charge in [0.15, 0.2) is 0 Å². The number of carbonyl (C=O) groups excluding carboxylic acids is 2. The van der Waals surface area contributed by atoms with E-state index in [-0.39, 0.29) is 13.1 Å². The number of hydrogen-bond acceptors (Lipinski definition) is 7. The number of amides is 2. The Labute approximate surface area is 156 Å². The molecule has 27 heavy (non-hydrogen) atoms. The zero-order chi connectivity index (χ0) is 19.4. The van der Waals surface area contributed by atoms with E-state index in [2.05, 4.69) is 0 Å². The van der Waals surface area contributed by atoms with Gasteiger partial charge in [0.05, 0.1) is 24.5 Å². The fourth-order valence-electron chi connectivity index (χ4n) is 3.22. The number of piperazine rings is 1. The van der Waals surface area contributed by atoms with Gasteiger partial charge < -0.3 is 25.3 Å². The van der Waals surface area contributed by atoms with Crippen LogP contribution in [0.15, 0.2) is 30.6 Å². The van der Waals surface area contributed by atoms with E-state index in [4.69, 9.17) is 16.3 Å². The summed E-state index contributed by atoms with van der Waals surface area (Å²) in [6.45, 7) is 2.77. The average molecular weight is 378 g/mol. The molecule has 9 nitrogen and oxygen atoms in total. The topological polar surface area (TPSA) is 108 Å². The van der Waals surface area contributed by atoms with E-state index in [9.17, 15) is 14.0 Å². The zero-order valence-electron chi connectivity index (χ0n) is 14.8. The normalized spacial score (nSPS) is 20.3. The first kappa shape index (κ1) is 18.8. The van der Waals surface area contributed by atoms with Gasteiger partial charge in [0.2, 0.25) is 6.41 Å². The number of halogens is 1. The minimum atomic E-state index is -0.545. The molecule has 2 aliphatic rings. The Kier molecular flexibility index (Phi) is 5.65. The molecule has 0 aromatic heterocycles. The Bertz CT molecular complexity index is 723. The van der Waals surface area contributed by atoms with Crippen LogP contribution in [0.5, 0.6) is 0 Å². The lowest BCUT2D eigenvalue weighted by Gasteiger charge is -2.34. The van der Waals surface area contributed by atoms with Crippen molar-refractivity contribution in [1.82, 2.24) is 9.91 Å². The molecule has 1 aromatic rings. The SMILES string of the molecule is N/C=C\N(N)CC1CN(c2ccc(N3CCN(C=O)CC3)c(F)c2)C(=O)O1. The Morgan fingerprint density at radius 1 is 1.30 bits per heavy atom. The predicted octanol–water partition coefficient (Wildman–Crippen LogP) is 0.0349. The average Bonchev–Trinajstić information content (AvgIpc) is 3.02. The predicted molar refractivity (Wildman–Crippen MR) is 98.1 cm³/mol. The molecule has 1 unspecified atom stereocenters. The molecule has 0 bridgehead atoms. The second kappa shape index (κ2) is 8.12. The van der Waals surface area contributed by atoms with Gasteiger partial charge in [0.1, 0.15) is 11.9 Å². The van der Waals surface area contributed by atoms with Gasteiger partial charge in [-0.05, 0) is 18.2 Å². The maximum Gasteiger partial charge on any atom is 0.414 e. The summed E-state index contributed by atoms with van der Waals surface area (Å²) in [5, 5.41) is 1.32. The standard InChI is InChI=1S/C17H23FN6O3/c18-15-9-13(1-2-16(15)22-7-5-21(12-25)6-8-22)24-11-14(27-17(24)26)10-23(20)4-3-19/h1-4,9,12,14H,5-8,10-11,19-20H2/b4-3-. The number of nitrogens with zero attached hydrogens (tertiary/aromatic N) is 4. The van der Waals surface area contributed by atoms with Crippen LogP contribution in [0, 0.1) is 5.82 Å². The highest BCUT2D eigenvalue weighted by atomic mass is 19.1. The van der Waals surface area contributed by atoms with Crippen molar-refractivity contribution in [3.05, 3.63) is 36.4 Å². The number of cyclic esters (lactones) is 1. The molecule has 0 radical (unpaired) electrons. The highest BCUT2D eigenvalue weighted by Crippen LogP contribution is 2.28. The molecular weight excluding hydrogens is 355 g/mol. The van der Waals surface area contributed by atoms with E-state index in [0.29, 0.717) is 37.6 Å². The van der Waals surface area contributed by atoms with Gasteiger partial charge in [-0.3, -0.25) is 9.69 Å². The zero-order valence-corrected chi connectivity index (χ0v) is 14.8. The fraction of sp³-hybridized carbons (Fsp3) is 0.412. The Balaban J connectivity index is 1.67. The van der Waals surface area contributed by atoms with Gasteiger partial charge in [-0.2, -0.15) is 0 Å². The summed E-state index contributed by atoms with van der Waals surface area (Å²) in [6, 6.07) is 4.66. The van der Waals surface area contributed by atoms with Crippen molar-refractivity contribution in [2.75, 3.05) is 49.1 Å². The van der Waals surface area contributed by atoms with Gasteiger partial charge in [-0.1, -0.05) is 0 Å². The van der Waals surface area contributed by atoms with Crippen LogP contribution in [0.3, 0.4) is 0 Å². The van der Waals surface area contributed by atoms with Crippen LogP contribution < -0.4 is 21.4 Å². The van der Waals surface area contributed by atoms with Crippen LogP contribution in [0.1, 0.15) is 0 Å². The first-order valence-electron chi connectivity index (χ1n) is 8.63. The minimum Gasteiger partial charge on any atom is -0.442 e. The van der Waals surface area contributed by atoms with E-state index in [1.807, 2.05) is 4.90 Å². The van der Waals surface area contributed by atoms with Crippen LogP contribution in [0.2, 0.25) is 0 Å². The molecule has 2 amide bonds. The van der Waals surface area contributed by atoms with E-state index in [1.165, 1.54) is 28.4 Å². The molecule has 0 aliphatic carbocycles. The van der Waals surface area contributed by atoms with Gasteiger partial charge >= 0.3 is 6.09 Å². The third-order valence-corrected chi connectivity index (χ3v) is 4.61. The molecule has 2 heterocycles. The van der Waals surface area contributed by atoms with Gasteiger partial charge in [-0.25, -0.2) is 15.0 Å². The summed E-state index contributed by atoms with van der Waals surface area (Å²) in [5.74, 6) is 5.28. The molecule has 2 fully saturated rings. The van der Waals surface area contributed by atoms with Crippen LogP contribution in [-0.4, -0.2) is 67.8 Å². The number of rotatable bonds is 6. The maximum atomic E-state index is 14.6. The first-order valence-corrected chi connectivity index (χ1v) is 8.63. The summed E-state index contributed by atoms with van der Waals surface area (Å²) in [7, 11) is 0. The highest BCUT2D eigenvalue weighted by molar-refractivity contribution is 5.90. The first-order chi connectivity index (χ1) is 13.0. The van der Waals surface area contributed by atoms with Crippen LogP contribution >= 0.6 is 0 Å². The molecule has 0 spiro atoms. The Morgan fingerprint density at radius 3 is 2.67 bits per heavy atom. The van der Waals surface area contributed by atoms with Crippen molar-refractivity contribution in [1.29, 1.82) is 0 Å². The molecule has 146 valence electrons. The molecular formula is C17H23FN6O3. The van der Waals surface area contributed by atoms with E-state index in [1.54, 1.807) is 17.0 Å². The lowest BCUT2D eigenvalue weighted by Crippen LogP contribution is -2.46. The molecule has 3 rings (SSSR count). The summed E-state index contributed by atoms with van der Waals surface area (Å²) in [6.07, 6.45) is 2.57. The quantitative estimate of drug-likeness (QED) is 0.409. The second-order valence-electron chi connectivity index (χ2n) is 6.42. The number of anilines is 2. The van der Waals surface area contributed by atoms with Gasteiger partial charge in [0, 0.05) is 38.6 Å². The summed E-state index contributed by atoms with van der Waals surface area (Å²) in [5.41, 5.74) is 6.15. The summed E-state index contributed by atoms with van der Waals surface area (Å²) in [4.78, 5) is 27.8. The molecule has 2 saturated heterocycles. The fourth-order valence-corrected chi connectivity index (χ4v) is 3.22. The number of nitrogens with two attached hydrogens (primary N) is 2. The number of ether oxygens (including phenoxy) is 1. The summed E-state index contributed by atoms with van der Waals surface area (Å²) >= 11 is 0. The van der Waals surface area contributed by atoms with Crippen molar-refractivity contribution in [3.8, 4) is 0 Å². The van der Waals surface area contributed by atoms with Crippen molar-refractivity contribution < 1.29 is 18.7 Å². The van der Waals surface area contributed by atoms with Crippen molar-refractivity contribution in [2.45, 2.75) is 6.10 Å². The highest BCUT2D eigenvalue weighted by Gasteiger charge is 2.33. The van der Waals surface area contributed by atoms with Crippen LogP contribution in [0.25, 0.3) is 0 Å². The number of benzene rings is 1. The molecule has 1 atom stereocenters. The largest absolute Gasteiger partial charge is 0.442 e. The monoisotopic (exact) mass is 378 g/mol. The van der Waals surface area contributed by atoms with E-state index in [0.717, 1.165) is 6.41 Å². The Morgan fingerprint density at radius 2 is 2.04 bits per heavy atom. The Hall–Kier alpha value is -3.01. The number of hydrogen-bond donors (Lipinski definition) is 2. The van der Waals surface area contributed by atoms with Crippen LogP contribution in [0.4, 0.5) is 20.6 Å². The van der Waals surface area contributed by atoms with Crippen molar-refractivity contribution in [2.24, 2.45) is 11.6 Å². The molecule has 2 aliphatic heterocycles. The van der Waals surface area contributed by atoms with Gasteiger partial charge in [-0.15, -0.1) is 0 Å². The third-order valence-electron chi connectivity index (χ3n) is 4.61. The molecule has 10 heteroatoms. The lowest BCUT2D eigenvalue weighted by atomic mass is 10.2. The number of carbonyl (C=O) groups is 2. The molecule has 0 saturated carbocycles. The molecule has 1 aromatic carbocycles. The van der Waals surface area contributed by atoms with Crippen LogP contribution in [-0.2, 0) is 9.53 Å². The number of hydrazine groups is 1. The van der Waals surface area contributed by atoms with Gasteiger partial charge in [0.25, 0.3) is 0 Å². The van der Waals surface area contributed by atoms with E-state index < -0.39 is 18.0 Å². The van der Waals surface area contributed by atoms with E-state index >= 15 is 0 Å². The van der Waals surface area contributed by atoms with Crippen molar-refractivity contribution in [3.63, 3.8) is 0 Å². The lowest BCUT2D eigenvalue weighted by molar-refractivity contribution is -0.118. The smallest absolute Gasteiger partial charge is 0.414 e. The maximum absolute atomic E-state index is 14.6. The second-order valence-corrected chi connectivity index (χ2v) is 6.42. The van der Waals surface area contributed by atoms with Crippen molar-refractivity contribution >= 4 is 23.9 Å².